The van der Waals surface area contributed by atoms with Crippen LogP contribution in [0.5, 0.6) is 0 Å². The van der Waals surface area contributed by atoms with Crippen molar-refractivity contribution in [1.82, 2.24) is 9.78 Å². The van der Waals surface area contributed by atoms with Crippen LogP contribution in [-0.2, 0) is 10.1 Å². The number of aromatic amines is 1. The molecule has 3 aromatic rings. The second-order valence-electron chi connectivity index (χ2n) is 5.41. The maximum atomic E-state index is 12.6. The van der Waals surface area contributed by atoms with Gasteiger partial charge < -0.3 is 5.11 Å². The Balaban J connectivity index is 2.07. The molecule has 0 bridgehead atoms. The molecule has 0 aliphatic carbocycles. The quantitative estimate of drug-likeness (QED) is 0.451. The first kappa shape index (κ1) is 18.3. The van der Waals surface area contributed by atoms with Crippen LogP contribution in [0.3, 0.4) is 0 Å². The minimum atomic E-state index is -4.38. The van der Waals surface area contributed by atoms with E-state index in [0.29, 0.717) is 5.69 Å². The topological polar surface area (TPSA) is 142 Å². The van der Waals surface area contributed by atoms with Gasteiger partial charge in [0.15, 0.2) is 5.69 Å². The van der Waals surface area contributed by atoms with Crippen molar-refractivity contribution >= 4 is 28.0 Å². The molecule has 0 radical (unpaired) electrons. The number of carboxylic acids is 1. The minimum absolute atomic E-state index is 0.162. The third kappa shape index (κ3) is 3.86. The van der Waals surface area contributed by atoms with Crippen molar-refractivity contribution in [2.75, 3.05) is 0 Å². The number of nitrogens with zero attached hydrogens (tertiary/aromatic N) is 2. The SMILES string of the molecule is O=C(O)c1[nH]n(-c2ccc(S(=O)(=O)O)cc2)c(=O)c1C=Nc1ccccc1. The average Bonchev–Trinajstić information content (AvgIpc) is 2.97. The number of H-pyrrole nitrogens is 1. The summed E-state index contributed by atoms with van der Waals surface area (Å²) in [6.45, 7) is 0. The lowest BCUT2D eigenvalue weighted by molar-refractivity contribution is 0.0690. The van der Waals surface area contributed by atoms with Crippen LogP contribution in [0.2, 0.25) is 0 Å². The van der Waals surface area contributed by atoms with Gasteiger partial charge in [-0.1, -0.05) is 18.2 Å². The van der Waals surface area contributed by atoms with Crippen LogP contribution >= 0.6 is 0 Å². The normalized spacial score (nSPS) is 11.7. The predicted octanol–water partition coefficient (Wildman–Crippen LogP) is 1.86. The third-order valence-corrected chi connectivity index (χ3v) is 4.50. The summed E-state index contributed by atoms with van der Waals surface area (Å²) >= 11 is 0. The Labute approximate surface area is 153 Å². The Bertz CT molecular complexity index is 1180. The van der Waals surface area contributed by atoms with E-state index in [9.17, 15) is 23.1 Å². The van der Waals surface area contributed by atoms with Crippen molar-refractivity contribution in [3.63, 3.8) is 0 Å². The molecule has 0 atom stereocenters. The van der Waals surface area contributed by atoms with Gasteiger partial charge >= 0.3 is 5.97 Å². The van der Waals surface area contributed by atoms with Gasteiger partial charge in [0.1, 0.15) is 0 Å². The van der Waals surface area contributed by atoms with Crippen molar-refractivity contribution in [1.29, 1.82) is 0 Å². The van der Waals surface area contributed by atoms with E-state index in [-0.39, 0.29) is 21.8 Å². The highest BCUT2D eigenvalue weighted by Crippen LogP contribution is 2.14. The lowest BCUT2D eigenvalue weighted by atomic mass is 10.2. The first-order valence-corrected chi connectivity index (χ1v) is 8.97. The molecule has 2 aromatic carbocycles. The summed E-state index contributed by atoms with van der Waals surface area (Å²) in [5, 5.41) is 11.8. The molecule has 3 rings (SSSR count). The minimum Gasteiger partial charge on any atom is -0.477 e. The number of para-hydroxylation sites is 1. The summed E-state index contributed by atoms with van der Waals surface area (Å²) in [4.78, 5) is 27.8. The maximum Gasteiger partial charge on any atom is 0.354 e. The zero-order valence-corrected chi connectivity index (χ0v) is 14.4. The fourth-order valence-corrected chi connectivity index (χ4v) is 2.82. The molecule has 138 valence electrons. The summed E-state index contributed by atoms with van der Waals surface area (Å²) < 4.78 is 32.2. The van der Waals surface area contributed by atoms with Crippen molar-refractivity contribution in [2.45, 2.75) is 4.90 Å². The summed E-state index contributed by atoms with van der Waals surface area (Å²) in [5.74, 6) is -1.35. The van der Waals surface area contributed by atoms with Crippen molar-refractivity contribution in [3.8, 4) is 5.69 Å². The molecule has 0 fully saturated rings. The monoisotopic (exact) mass is 387 g/mol. The van der Waals surface area contributed by atoms with Crippen molar-refractivity contribution in [3.05, 3.63) is 76.2 Å². The molecular formula is C17H13N3O6S. The molecule has 0 saturated heterocycles. The van der Waals surface area contributed by atoms with Crippen LogP contribution < -0.4 is 5.56 Å². The molecule has 1 heterocycles. The molecule has 0 spiro atoms. The molecular weight excluding hydrogens is 374 g/mol. The van der Waals surface area contributed by atoms with E-state index in [2.05, 4.69) is 10.1 Å². The highest BCUT2D eigenvalue weighted by atomic mass is 32.2. The van der Waals surface area contributed by atoms with Crippen LogP contribution in [0.1, 0.15) is 16.1 Å². The number of nitrogens with one attached hydrogen (secondary N) is 1. The van der Waals surface area contributed by atoms with Gasteiger partial charge in [-0.25, -0.2) is 9.48 Å². The number of aliphatic imine (C=N–C) groups is 1. The molecule has 0 unspecified atom stereocenters. The van der Waals surface area contributed by atoms with Gasteiger partial charge in [0, 0.05) is 6.21 Å². The first-order chi connectivity index (χ1) is 12.8. The highest BCUT2D eigenvalue weighted by molar-refractivity contribution is 7.85. The predicted molar refractivity (Wildman–Crippen MR) is 96.9 cm³/mol. The molecule has 10 heteroatoms. The van der Waals surface area contributed by atoms with Gasteiger partial charge in [-0.05, 0) is 36.4 Å². The van der Waals surface area contributed by atoms with Crippen LogP contribution in [0.25, 0.3) is 5.69 Å². The van der Waals surface area contributed by atoms with Gasteiger partial charge in [-0.3, -0.25) is 19.4 Å². The molecule has 0 aliphatic heterocycles. The zero-order valence-electron chi connectivity index (χ0n) is 13.6. The van der Waals surface area contributed by atoms with Gasteiger partial charge in [0.2, 0.25) is 0 Å². The fraction of sp³-hybridized carbons (Fsp3) is 0. The van der Waals surface area contributed by atoms with Crippen LogP contribution in [-0.4, -0.2) is 40.0 Å². The Morgan fingerprint density at radius 1 is 1.07 bits per heavy atom. The molecule has 0 aliphatic rings. The molecule has 3 N–H and O–H groups in total. The van der Waals surface area contributed by atoms with Crippen LogP contribution in [0, 0.1) is 0 Å². The summed E-state index contributed by atoms with van der Waals surface area (Å²) in [5.41, 5.74) is -0.469. The lowest BCUT2D eigenvalue weighted by Crippen LogP contribution is -2.17. The van der Waals surface area contributed by atoms with Gasteiger partial charge in [-0.15, -0.1) is 0 Å². The number of hydrogen-bond donors (Lipinski definition) is 3. The van der Waals surface area contributed by atoms with Gasteiger partial charge in [0.05, 0.1) is 21.8 Å². The summed E-state index contributed by atoms with van der Waals surface area (Å²) in [6, 6.07) is 13.4. The van der Waals surface area contributed by atoms with Crippen LogP contribution in [0.15, 0.2) is 69.3 Å². The number of hydrogen-bond acceptors (Lipinski definition) is 5. The number of rotatable bonds is 5. The number of carboxylic acid groups (broad SMARTS) is 1. The Hall–Kier alpha value is -3.50. The second kappa shape index (κ2) is 7.02. The fourth-order valence-electron chi connectivity index (χ4n) is 2.34. The third-order valence-electron chi connectivity index (χ3n) is 3.63. The van der Waals surface area contributed by atoms with Crippen LogP contribution in [0.4, 0.5) is 5.69 Å². The Morgan fingerprint density at radius 3 is 2.26 bits per heavy atom. The average molecular weight is 387 g/mol. The van der Waals surface area contributed by atoms with Gasteiger partial charge in [0.25, 0.3) is 15.7 Å². The van der Waals surface area contributed by atoms with E-state index >= 15 is 0 Å². The van der Waals surface area contributed by atoms with E-state index in [4.69, 9.17) is 4.55 Å². The lowest BCUT2D eigenvalue weighted by Gasteiger charge is -2.02. The number of aromatic carboxylic acids is 1. The van der Waals surface area contributed by atoms with Crippen molar-refractivity contribution < 1.29 is 22.9 Å². The Morgan fingerprint density at radius 2 is 1.70 bits per heavy atom. The summed E-state index contributed by atoms with van der Waals surface area (Å²) in [6.07, 6.45) is 1.15. The Kier molecular flexibility index (Phi) is 4.75. The zero-order chi connectivity index (χ0) is 19.6. The number of aromatic nitrogens is 2. The van der Waals surface area contributed by atoms with E-state index < -0.39 is 21.6 Å². The highest BCUT2D eigenvalue weighted by Gasteiger charge is 2.19. The molecule has 1 aromatic heterocycles. The second-order valence-corrected chi connectivity index (χ2v) is 6.83. The molecule has 0 saturated carbocycles. The van der Waals surface area contributed by atoms with E-state index in [1.807, 2.05) is 0 Å². The van der Waals surface area contributed by atoms with Gasteiger partial charge in [-0.2, -0.15) is 8.42 Å². The molecule has 0 amide bonds. The van der Waals surface area contributed by atoms with Crippen molar-refractivity contribution in [2.24, 2.45) is 4.99 Å². The number of carbonyl (C=O) groups is 1. The molecule has 27 heavy (non-hydrogen) atoms. The largest absolute Gasteiger partial charge is 0.477 e. The standard InChI is InChI=1S/C17H13N3O6S/c21-16-14(10-18-11-4-2-1-3-5-11)15(17(22)23)19-20(16)12-6-8-13(9-7-12)27(24,25)26/h1-10,19H,(H,22,23)(H,24,25,26). The number of benzene rings is 2. The van der Waals surface area contributed by atoms with E-state index in [1.165, 1.54) is 12.1 Å². The van der Waals surface area contributed by atoms with E-state index in [0.717, 1.165) is 23.0 Å². The van der Waals surface area contributed by atoms with E-state index in [1.54, 1.807) is 30.3 Å². The molecule has 9 nitrogen and oxygen atoms in total. The maximum absolute atomic E-state index is 12.6. The summed E-state index contributed by atoms with van der Waals surface area (Å²) in [7, 11) is -4.38. The first-order valence-electron chi connectivity index (χ1n) is 7.53. The smallest absolute Gasteiger partial charge is 0.354 e.